The summed E-state index contributed by atoms with van der Waals surface area (Å²) >= 11 is 0. The lowest BCUT2D eigenvalue weighted by atomic mass is 10.4. The van der Waals surface area contributed by atoms with Gasteiger partial charge in [-0.3, -0.25) is 0 Å². The highest BCUT2D eigenvalue weighted by molar-refractivity contribution is 5.26. The van der Waals surface area contributed by atoms with Crippen LogP contribution in [0, 0.1) is 0 Å². The number of aromatic nitrogens is 3. The summed E-state index contributed by atoms with van der Waals surface area (Å²) in [5.41, 5.74) is 0. The van der Waals surface area contributed by atoms with E-state index in [1.807, 2.05) is 0 Å². The lowest BCUT2D eigenvalue weighted by Gasteiger charge is -2.33. The van der Waals surface area contributed by atoms with E-state index in [-0.39, 0.29) is 16.7 Å². The summed E-state index contributed by atoms with van der Waals surface area (Å²) in [7, 11) is 4.61. The average Bonchev–Trinajstić information content (AvgIpc) is 2.47. The van der Waals surface area contributed by atoms with Gasteiger partial charge in [-0.25, -0.2) is 0 Å². The number of hydrogen-bond donors (Lipinski definition) is 0. The largest absolute Gasteiger partial charge is 0.466 e. The summed E-state index contributed by atoms with van der Waals surface area (Å²) in [6.45, 7) is 2.44. The molecule has 0 unspecified atom stereocenters. The van der Waals surface area contributed by atoms with Gasteiger partial charge < -0.3 is 14.2 Å². The van der Waals surface area contributed by atoms with Gasteiger partial charge in [-0.2, -0.15) is 4.84 Å². The van der Waals surface area contributed by atoms with Crippen molar-refractivity contribution in [2.24, 2.45) is 0 Å². The normalized spacial score (nSPS) is 18.4. The van der Waals surface area contributed by atoms with E-state index in [0.29, 0.717) is 32.3 Å². The first-order valence-corrected chi connectivity index (χ1v) is 5.59. The Labute approximate surface area is 105 Å². The van der Waals surface area contributed by atoms with Gasteiger partial charge in [-0.15, -0.1) is 19.6 Å². The van der Waals surface area contributed by atoms with Crippen LogP contribution in [0.5, 0.6) is 12.0 Å². The van der Waals surface area contributed by atoms with Crippen LogP contribution in [0.1, 0.15) is 0 Å². The van der Waals surface area contributed by atoms with E-state index in [1.165, 1.54) is 14.2 Å². The topological polar surface area (TPSA) is 75.6 Å². The Kier molecular flexibility index (Phi) is 3.90. The molecule has 1 aromatic rings. The highest BCUT2D eigenvalue weighted by atomic mass is 16.7. The molecule has 1 aromatic heterocycles. The van der Waals surface area contributed by atoms with Crippen LogP contribution in [0.15, 0.2) is 0 Å². The fraction of sp³-hybridized carbons (Fsp3) is 0.700. The second kappa shape index (κ2) is 5.42. The van der Waals surface area contributed by atoms with E-state index in [4.69, 9.17) is 19.0 Å². The van der Waals surface area contributed by atoms with Crippen molar-refractivity contribution in [3.05, 3.63) is 0 Å². The molecule has 2 rings (SSSR count). The van der Waals surface area contributed by atoms with Crippen molar-refractivity contribution >= 4 is 5.95 Å². The van der Waals surface area contributed by atoms with E-state index in [0.717, 1.165) is 0 Å². The summed E-state index contributed by atoms with van der Waals surface area (Å²) in [6.07, 6.45) is 0. The lowest BCUT2D eigenvalue weighted by Crippen LogP contribution is -2.56. The molecule has 18 heavy (non-hydrogen) atoms. The van der Waals surface area contributed by atoms with E-state index in [2.05, 4.69) is 15.0 Å². The molecule has 0 amide bonds. The Morgan fingerprint density at radius 3 is 1.94 bits per heavy atom. The molecule has 0 aromatic carbocycles. The third-order valence-electron chi connectivity index (χ3n) is 2.86. The lowest BCUT2D eigenvalue weighted by molar-refractivity contribution is -0.166. The molecule has 1 aliphatic heterocycles. The SMILES string of the molecule is COc1nc(OC)nc([N+]2(OC)CCOCC2)n1. The van der Waals surface area contributed by atoms with Crippen molar-refractivity contribution in [2.75, 3.05) is 47.6 Å². The predicted octanol–water partition coefficient (Wildman–Crippen LogP) is -0.212. The molecular weight excluding hydrogens is 240 g/mol. The van der Waals surface area contributed by atoms with Gasteiger partial charge in [0.1, 0.15) is 13.1 Å². The van der Waals surface area contributed by atoms with Gasteiger partial charge in [0, 0.05) is 0 Å². The van der Waals surface area contributed by atoms with Gasteiger partial charge in [0.25, 0.3) is 0 Å². The molecule has 100 valence electrons. The van der Waals surface area contributed by atoms with Crippen LogP contribution in [0.25, 0.3) is 0 Å². The fourth-order valence-electron chi connectivity index (χ4n) is 1.79. The van der Waals surface area contributed by atoms with Gasteiger partial charge >= 0.3 is 18.0 Å². The molecule has 0 aliphatic carbocycles. The maximum Gasteiger partial charge on any atom is 0.371 e. The minimum atomic E-state index is 0.176. The number of hydrogen-bond acceptors (Lipinski definition) is 7. The quantitative estimate of drug-likeness (QED) is 0.691. The minimum absolute atomic E-state index is 0.176. The van der Waals surface area contributed by atoms with E-state index >= 15 is 0 Å². The van der Waals surface area contributed by atoms with Crippen LogP contribution >= 0.6 is 0 Å². The first kappa shape index (κ1) is 12.9. The minimum Gasteiger partial charge on any atom is -0.466 e. The number of hydroxylamine groups is 2. The number of quaternary nitrogens is 1. The van der Waals surface area contributed by atoms with Gasteiger partial charge in [-0.05, 0) is 0 Å². The molecule has 1 aliphatic rings. The smallest absolute Gasteiger partial charge is 0.371 e. The molecule has 0 N–H and O–H groups in total. The Balaban J connectivity index is 2.40. The second-order valence-electron chi connectivity index (χ2n) is 3.74. The first-order valence-electron chi connectivity index (χ1n) is 5.59. The number of ether oxygens (including phenoxy) is 3. The fourth-order valence-corrected chi connectivity index (χ4v) is 1.79. The molecule has 0 atom stereocenters. The summed E-state index contributed by atoms with van der Waals surface area (Å²) < 4.78 is 15.6. The van der Waals surface area contributed by atoms with Crippen molar-refractivity contribution in [3.63, 3.8) is 0 Å². The van der Waals surface area contributed by atoms with Crippen LogP contribution in [0.4, 0.5) is 5.95 Å². The van der Waals surface area contributed by atoms with Crippen LogP contribution < -0.4 is 14.1 Å². The summed E-state index contributed by atoms with van der Waals surface area (Å²) in [4.78, 5) is 18.0. The Morgan fingerprint density at radius 1 is 0.944 bits per heavy atom. The van der Waals surface area contributed by atoms with Gasteiger partial charge in [0.2, 0.25) is 0 Å². The Hall–Kier alpha value is -1.51. The molecule has 0 radical (unpaired) electrons. The van der Waals surface area contributed by atoms with Crippen molar-refractivity contribution in [1.29, 1.82) is 0 Å². The van der Waals surface area contributed by atoms with Gasteiger partial charge in [0.05, 0.1) is 34.5 Å². The third-order valence-corrected chi connectivity index (χ3v) is 2.86. The van der Waals surface area contributed by atoms with E-state index in [1.54, 1.807) is 7.11 Å². The van der Waals surface area contributed by atoms with Crippen LogP contribution in [0.3, 0.4) is 0 Å². The Bertz CT molecular complexity index is 387. The predicted molar refractivity (Wildman–Crippen MR) is 62.3 cm³/mol. The first-order chi connectivity index (χ1) is 8.74. The molecule has 2 heterocycles. The van der Waals surface area contributed by atoms with E-state index < -0.39 is 0 Å². The zero-order chi connectivity index (χ0) is 13.0. The number of methoxy groups -OCH3 is 2. The van der Waals surface area contributed by atoms with Crippen LogP contribution in [-0.4, -0.2) is 62.6 Å². The monoisotopic (exact) mass is 257 g/mol. The van der Waals surface area contributed by atoms with Crippen molar-refractivity contribution in [3.8, 4) is 12.0 Å². The molecule has 0 saturated carbocycles. The van der Waals surface area contributed by atoms with Crippen LogP contribution in [-0.2, 0) is 9.57 Å². The van der Waals surface area contributed by atoms with Crippen molar-refractivity contribution < 1.29 is 19.0 Å². The van der Waals surface area contributed by atoms with Crippen LogP contribution in [0.2, 0.25) is 0 Å². The van der Waals surface area contributed by atoms with Crippen molar-refractivity contribution in [2.45, 2.75) is 0 Å². The molecule has 1 fully saturated rings. The highest BCUT2D eigenvalue weighted by Crippen LogP contribution is 2.24. The zero-order valence-electron chi connectivity index (χ0n) is 10.8. The zero-order valence-corrected chi connectivity index (χ0v) is 10.8. The summed E-state index contributed by atoms with van der Waals surface area (Å²) in [5, 5.41) is 0. The molecule has 0 spiro atoms. The molecule has 1 saturated heterocycles. The highest BCUT2D eigenvalue weighted by Gasteiger charge is 2.39. The standard InChI is InChI=1S/C10H17N4O4/c1-15-9-11-8(12-10(13-9)16-2)14(17-3)4-6-18-7-5-14/h4-7H2,1-3H3/q+1. The molecule has 8 nitrogen and oxygen atoms in total. The van der Waals surface area contributed by atoms with E-state index in [9.17, 15) is 0 Å². The molecular formula is C10H17N4O4+. The molecule has 8 heteroatoms. The van der Waals surface area contributed by atoms with Crippen molar-refractivity contribution in [1.82, 2.24) is 19.6 Å². The maximum absolute atomic E-state index is 5.56. The summed E-state index contributed by atoms with van der Waals surface area (Å²) in [6, 6.07) is 0.413. The molecule has 0 bridgehead atoms. The summed E-state index contributed by atoms with van der Waals surface area (Å²) in [5.74, 6) is 0.463. The van der Waals surface area contributed by atoms with Gasteiger partial charge in [-0.1, -0.05) is 0 Å². The number of nitrogens with zero attached hydrogens (tertiary/aromatic N) is 4. The number of rotatable bonds is 4. The average molecular weight is 257 g/mol. The maximum atomic E-state index is 5.56. The second-order valence-corrected chi connectivity index (χ2v) is 3.74. The number of morpholine rings is 1. The van der Waals surface area contributed by atoms with Gasteiger partial charge in [0.15, 0.2) is 0 Å². The Morgan fingerprint density at radius 2 is 1.50 bits per heavy atom. The third kappa shape index (κ3) is 2.35.